The molecule has 0 unspecified atom stereocenters. The van der Waals surface area contributed by atoms with E-state index in [9.17, 15) is 14.7 Å². The Kier molecular flexibility index (Phi) is 3.75. The maximum Gasteiger partial charge on any atom is 0.332 e. The smallest absolute Gasteiger partial charge is 0.332 e. The zero-order chi connectivity index (χ0) is 17.5. The summed E-state index contributed by atoms with van der Waals surface area (Å²) in [6.07, 6.45) is 3.32. The maximum absolute atomic E-state index is 12.9. The van der Waals surface area contributed by atoms with Gasteiger partial charge >= 0.3 is 6.03 Å². The van der Waals surface area contributed by atoms with Crippen molar-refractivity contribution in [1.29, 1.82) is 0 Å². The maximum atomic E-state index is 12.9. The van der Waals surface area contributed by atoms with Gasteiger partial charge in [0.05, 0.1) is 5.69 Å². The van der Waals surface area contributed by atoms with Crippen LogP contribution < -0.4 is 4.90 Å². The molecule has 1 fully saturated rings. The molecular formula is C18H19N3O3. The number of benzene rings is 1. The van der Waals surface area contributed by atoms with Crippen molar-refractivity contribution < 1.29 is 14.7 Å². The molecule has 1 saturated heterocycles. The quantitative estimate of drug-likeness (QED) is 0.881. The number of aromatic nitrogens is 1. The summed E-state index contributed by atoms with van der Waals surface area (Å²) < 4.78 is 0. The molecule has 0 radical (unpaired) electrons. The van der Waals surface area contributed by atoms with Gasteiger partial charge in [-0.3, -0.25) is 9.78 Å². The average molecular weight is 325 g/mol. The molecule has 124 valence electrons. The number of hydrogen-bond donors (Lipinski definition) is 1. The summed E-state index contributed by atoms with van der Waals surface area (Å²) in [5.74, 6) is -0.182. The van der Waals surface area contributed by atoms with Gasteiger partial charge in [0.1, 0.15) is 11.3 Å². The molecule has 6 heteroatoms. The van der Waals surface area contributed by atoms with E-state index in [1.165, 1.54) is 17.0 Å². The highest BCUT2D eigenvalue weighted by Crippen LogP contribution is 2.35. The number of nitrogens with zero attached hydrogens (tertiary/aromatic N) is 3. The number of hydrogen-bond acceptors (Lipinski definition) is 4. The molecule has 0 atom stereocenters. The third kappa shape index (κ3) is 2.50. The zero-order valence-electron chi connectivity index (χ0n) is 13.9. The lowest BCUT2D eigenvalue weighted by molar-refractivity contribution is -0.123. The van der Waals surface area contributed by atoms with Crippen LogP contribution in [0.2, 0.25) is 0 Å². The third-order valence-corrected chi connectivity index (χ3v) is 4.33. The first-order valence-electron chi connectivity index (χ1n) is 7.67. The Hall–Kier alpha value is -2.89. The fraction of sp³-hybridized carbons (Fsp3) is 0.278. The van der Waals surface area contributed by atoms with Crippen LogP contribution in [0.25, 0.3) is 0 Å². The van der Waals surface area contributed by atoms with E-state index in [0.717, 1.165) is 5.56 Å². The van der Waals surface area contributed by atoms with Crippen LogP contribution in [0.3, 0.4) is 0 Å². The van der Waals surface area contributed by atoms with Crippen LogP contribution in [0.4, 0.5) is 10.5 Å². The van der Waals surface area contributed by atoms with E-state index in [1.807, 2.05) is 12.1 Å². The summed E-state index contributed by atoms with van der Waals surface area (Å²) in [5.41, 5.74) is 1.11. The second-order valence-electron chi connectivity index (χ2n) is 6.39. The molecule has 0 saturated carbocycles. The van der Waals surface area contributed by atoms with Crippen LogP contribution in [0.15, 0.2) is 42.7 Å². The fourth-order valence-electron chi connectivity index (χ4n) is 2.87. The Morgan fingerprint density at radius 1 is 1.12 bits per heavy atom. The van der Waals surface area contributed by atoms with Crippen molar-refractivity contribution in [2.24, 2.45) is 0 Å². The van der Waals surface area contributed by atoms with E-state index in [-0.39, 0.29) is 17.7 Å². The van der Waals surface area contributed by atoms with Gasteiger partial charge in [-0.25, -0.2) is 9.69 Å². The molecule has 1 aliphatic heterocycles. The number of phenols is 1. The van der Waals surface area contributed by atoms with Gasteiger partial charge in [-0.2, -0.15) is 0 Å². The van der Waals surface area contributed by atoms with E-state index < -0.39 is 5.54 Å². The lowest BCUT2D eigenvalue weighted by atomic mass is 10.0. The molecule has 6 nitrogen and oxygen atoms in total. The number of carbonyl (C=O) groups excluding carboxylic acids is 2. The summed E-state index contributed by atoms with van der Waals surface area (Å²) in [7, 11) is 0. The molecule has 1 aromatic carbocycles. The number of carbonyl (C=O) groups is 2. The first-order chi connectivity index (χ1) is 11.3. The number of pyridine rings is 1. The second-order valence-corrected chi connectivity index (χ2v) is 6.39. The number of rotatable bonds is 3. The van der Waals surface area contributed by atoms with Crippen molar-refractivity contribution in [3.63, 3.8) is 0 Å². The van der Waals surface area contributed by atoms with Crippen LogP contribution in [-0.4, -0.2) is 32.5 Å². The summed E-state index contributed by atoms with van der Waals surface area (Å²) in [4.78, 5) is 32.5. The van der Waals surface area contributed by atoms with E-state index in [0.29, 0.717) is 17.8 Å². The Morgan fingerprint density at radius 2 is 1.79 bits per heavy atom. The number of phenolic OH excluding ortho intramolecular Hbond substituents is 1. The van der Waals surface area contributed by atoms with Crippen LogP contribution in [0.1, 0.15) is 25.0 Å². The minimum absolute atomic E-state index is 0.100. The predicted octanol–water partition coefficient (Wildman–Crippen LogP) is 2.84. The fourth-order valence-corrected chi connectivity index (χ4v) is 2.87. The van der Waals surface area contributed by atoms with Crippen molar-refractivity contribution in [3.05, 3.63) is 53.9 Å². The van der Waals surface area contributed by atoms with E-state index >= 15 is 0 Å². The van der Waals surface area contributed by atoms with E-state index in [1.54, 1.807) is 44.1 Å². The summed E-state index contributed by atoms with van der Waals surface area (Å²) in [6, 6.07) is 7.88. The van der Waals surface area contributed by atoms with Gasteiger partial charge in [-0.1, -0.05) is 0 Å². The topological polar surface area (TPSA) is 73.7 Å². The zero-order valence-corrected chi connectivity index (χ0v) is 13.9. The highest BCUT2D eigenvalue weighted by Gasteiger charge is 2.52. The Morgan fingerprint density at radius 3 is 2.42 bits per heavy atom. The molecule has 1 aromatic heterocycles. The number of anilines is 1. The largest absolute Gasteiger partial charge is 0.508 e. The molecule has 1 N–H and O–H groups in total. The predicted molar refractivity (Wildman–Crippen MR) is 89.6 cm³/mol. The first kappa shape index (κ1) is 16.0. The van der Waals surface area contributed by atoms with Crippen molar-refractivity contribution >= 4 is 17.6 Å². The monoisotopic (exact) mass is 325 g/mol. The first-order valence-corrected chi connectivity index (χ1v) is 7.67. The van der Waals surface area contributed by atoms with Crippen LogP contribution in [0, 0.1) is 6.92 Å². The van der Waals surface area contributed by atoms with Gasteiger partial charge in [0.25, 0.3) is 5.91 Å². The molecule has 2 aromatic rings. The summed E-state index contributed by atoms with van der Waals surface area (Å²) >= 11 is 0. The van der Waals surface area contributed by atoms with Gasteiger partial charge in [-0.15, -0.1) is 0 Å². The molecule has 0 aliphatic carbocycles. The highest BCUT2D eigenvalue weighted by molar-refractivity contribution is 6.23. The van der Waals surface area contributed by atoms with Gasteiger partial charge < -0.3 is 10.0 Å². The van der Waals surface area contributed by atoms with Crippen LogP contribution in [-0.2, 0) is 11.3 Å². The van der Waals surface area contributed by atoms with Gasteiger partial charge in [0.2, 0.25) is 0 Å². The van der Waals surface area contributed by atoms with Gasteiger partial charge in [0.15, 0.2) is 0 Å². The summed E-state index contributed by atoms with van der Waals surface area (Å²) in [5, 5.41) is 9.56. The highest BCUT2D eigenvalue weighted by atomic mass is 16.3. The Balaban J connectivity index is 1.99. The molecule has 1 aliphatic rings. The molecule has 3 amide bonds. The number of imide groups is 1. The Bertz CT molecular complexity index is 802. The van der Waals surface area contributed by atoms with Gasteiger partial charge in [0, 0.05) is 18.9 Å². The van der Waals surface area contributed by atoms with E-state index in [4.69, 9.17) is 0 Å². The van der Waals surface area contributed by atoms with Crippen LogP contribution >= 0.6 is 0 Å². The van der Waals surface area contributed by atoms with Crippen molar-refractivity contribution in [1.82, 2.24) is 9.88 Å². The normalized spacial score (nSPS) is 16.8. The minimum atomic E-state index is -0.954. The SMILES string of the molecule is Cc1cc(O)ccc1N1C(=O)N(Cc2ccncc2)C(C)(C)C1=O. The average Bonchev–Trinajstić information content (AvgIpc) is 2.70. The molecule has 0 bridgehead atoms. The van der Waals surface area contributed by atoms with Gasteiger partial charge in [-0.05, 0) is 62.2 Å². The number of aryl methyl sites for hydroxylation is 1. The third-order valence-electron chi connectivity index (χ3n) is 4.33. The lowest BCUT2D eigenvalue weighted by Crippen LogP contribution is -2.43. The van der Waals surface area contributed by atoms with Crippen LogP contribution in [0.5, 0.6) is 5.75 Å². The Labute approximate surface area is 140 Å². The lowest BCUT2D eigenvalue weighted by Gasteiger charge is -2.27. The second kappa shape index (κ2) is 5.63. The molecule has 24 heavy (non-hydrogen) atoms. The van der Waals surface area contributed by atoms with Crippen molar-refractivity contribution in [2.75, 3.05) is 4.90 Å². The molecule has 2 heterocycles. The molecule has 0 spiro atoms. The molecule has 3 rings (SSSR count). The number of urea groups is 1. The minimum Gasteiger partial charge on any atom is -0.508 e. The standard InChI is InChI=1S/C18H19N3O3/c1-12-10-14(22)4-5-15(12)21-16(23)18(2,3)20(17(21)24)11-13-6-8-19-9-7-13/h4-10,22H,11H2,1-3H3. The van der Waals surface area contributed by atoms with Crippen molar-refractivity contribution in [3.8, 4) is 5.75 Å². The molecular weight excluding hydrogens is 306 g/mol. The number of amides is 3. The van der Waals surface area contributed by atoms with E-state index in [2.05, 4.69) is 4.98 Å². The number of aromatic hydroxyl groups is 1. The summed E-state index contributed by atoms with van der Waals surface area (Å²) in [6.45, 7) is 5.57. The van der Waals surface area contributed by atoms with Crippen molar-refractivity contribution in [2.45, 2.75) is 32.9 Å².